The Labute approximate surface area is 133 Å². The Morgan fingerprint density at radius 3 is 2.64 bits per heavy atom. The molecule has 0 amide bonds. The molecule has 0 spiro atoms. The minimum atomic E-state index is -0.463. The van der Waals surface area contributed by atoms with Gasteiger partial charge in [-0.05, 0) is 48.9 Å². The summed E-state index contributed by atoms with van der Waals surface area (Å²) >= 11 is 0. The molecule has 116 valence electrons. The third-order valence-corrected chi connectivity index (χ3v) is 3.38. The number of ether oxygens (including phenoxy) is 1. The Morgan fingerprint density at radius 1 is 1.23 bits per heavy atom. The highest BCUT2D eigenvalue weighted by Gasteiger charge is 2.12. The molecule has 1 aromatic heterocycles. The lowest BCUT2D eigenvalue weighted by Crippen LogP contribution is -2.13. The number of H-pyrrole nitrogens is 1. The molecule has 6 heteroatoms. The number of nitrogens with two attached hydrogens (primary N) is 1. The van der Waals surface area contributed by atoms with Crippen LogP contribution in [0.15, 0.2) is 42.5 Å². The van der Waals surface area contributed by atoms with Gasteiger partial charge in [-0.15, -0.1) is 12.4 Å². The van der Waals surface area contributed by atoms with Crippen LogP contribution >= 0.6 is 12.4 Å². The summed E-state index contributed by atoms with van der Waals surface area (Å²) in [6.07, 6.45) is -0.463. The van der Waals surface area contributed by atoms with Crippen LogP contribution in [0.2, 0.25) is 0 Å². The second-order valence-electron chi connectivity index (χ2n) is 4.76. The van der Waals surface area contributed by atoms with Gasteiger partial charge in [-0.1, -0.05) is 6.07 Å². The first-order chi connectivity index (χ1) is 10.2. The molecule has 1 unspecified atom stereocenters. The molecule has 0 radical (unpaired) electrons. The Bertz CT molecular complexity index is 758. The van der Waals surface area contributed by atoms with Crippen molar-refractivity contribution >= 4 is 23.3 Å². The maximum absolute atomic E-state index is 13.0. The fourth-order valence-electron chi connectivity index (χ4n) is 2.31. The molecule has 0 saturated carbocycles. The molecule has 0 fully saturated rings. The third-order valence-electron chi connectivity index (χ3n) is 3.38. The van der Waals surface area contributed by atoms with Crippen molar-refractivity contribution in [2.75, 3.05) is 6.61 Å². The molecule has 3 N–H and O–H groups in total. The van der Waals surface area contributed by atoms with E-state index in [1.807, 2.05) is 25.1 Å². The summed E-state index contributed by atoms with van der Waals surface area (Å²) in [7, 11) is 0. The fraction of sp³-hybridized carbons (Fsp3) is 0.188. The van der Waals surface area contributed by atoms with Gasteiger partial charge in [0.15, 0.2) is 0 Å². The van der Waals surface area contributed by atoms with Gasteiger partial charge in [0.1, 0.15) is 12.0 Å². The molecule has 0 aliphatic rings. The van der Waals surface area contributed by atoms with Crippen molar-refractivity contribution in [1.29, 1.82) is 0 Å². The van der Waals surface area contributed by atoms with Crippen molar-refractivity contribution in [2.24, 2.45) is 5.73 Å². The number of aromatic amines is 1. The van der Waals surface area contributed by atoms with Crippen LogP contribution in [0.3, 0.4) is 0 Å². The predicted molar refractivity (Wildman–Crippen MR) is 87.3 cm³/mol. The first kappa shape index (κ1) is 16.4. The lowest BCUT2D eigenvalue weighted by molar-refractivity contribution is 0.0675. The van der Waals surface area contributed by atoms with E-state index >= 15 is 0 Å². The molecule has 2 aromatic carbocycles. The zero-order valence-electron chi connectivity index (χ0n) is 12.0. The number of hydrogen-bond donors (Lipinski definition) is 2. The fourth-order valence-corrected chi connectivity index (χ4v) is 2.31. The maximum atomic E-state index is 13.0. The highest BCUT2D eigenvalue weighted by molar-refractivity contribution is 5.93. The monoisotopic (exact) mass is 321 g/mol. The second-order valence-corrected chi connectivity index (χ2v) is 4.76. The Balaban J connectivity index is 0.00000176. The highest BCUT2D eigenvalue weighted by atomic mass is 35.5. The SMILES string of the molecule is CCOC(N)c1ccc2[nH]nc(-c3ccc(F)cc3)c2c1.Cl. The van der Waals surface area contributed by atoms with Gasteiger partial charge in [0.2, 0.25) is 0 Å². The van der Waals surface area contributed by atoms with E-state index in [-0.39, 0.29) is 18.2 Å². The first-order valence-electron chi connectivity index (χ1n) is 6.80. The van der Waals surface area contributed by atoms with E-state index in [1.54, 1.807) is 12.1 Å². The van der Waals surface area contributed by atoms with E-state index in [9.17, 15) is 4.39 Å². The van der Waals surface area contributed by atoms with Crippen molar-refractivity contribution in [3.05, 3.63) is 53.8 Å². The van der Waals surface area contributed by atoms with Crippen LogP contribution in [0.4, 0.5) is 4.39 Å². The molecule has 0 aliphatic carbocycles. The summed E-state index contributed by atoms with van der Waals surface area (Å²) in [6, 6.07) is 12.0. The van der Waals surface area contributed by atoms with Crippen LogP contribution < -0.4 is 5.73 Å². The molecule has 3 rings (SSSR count). The van der Waals surface area contributed by atoms with Gasteiger partial charge in [0.25, 0.3) is 0 Å². The number of nitrogens with zero attached hydrogens (tertiary/aromatic N) is 1. The van der Waals surface area contributed by atoms with E-state index < -0.39 is 6.23 Å². The Morgan fingerprint density at radius 2 is 1.95 bits per heavy atom. The second kappa shape index (κ2) is 6.87. The van der Waals surface area contributed by atoms with Gasteiger partial charge in [0, 0.05) is 17.6 Å². The van der Waals surface area contributed by atoms with Gasteiger partial charge < -0.3 is 10.5 Å². The predicted octanol–water partition coefficient (Wildman–Crippen LogP) is 3.78. The highest BCUT2D eigenvalue weighted by Crippen LogP contribution is 2.28. The topological polar surface area (TPSA) is 63.9 Å². The largest absolute Gasteiger partial charge is 0.360 e. The molecular weight excluding hydrogens is 305 g/mol. The normalized spacial score (nSPS) is 12.1. The van der Waals surface area contributed by atoms with Gasteiger partial charge >= 0.3 is 0 Å². The number of rotatable bonds is 4. The van der Waals surface area contributed by atoms with E-state index in [4.69, 9.17) is 10.5 Å². The van der Waals surface area contributed by atoms with E-state index in [0.717, 1.165) is 27.7 Å². The van der Waals surface area contributed by atoms with Gasteiger partial charge in [0.05, 0.1) is 11.2 Å². The van der Waals surface area contributed by atoms with Crippen molar-refractivity contribution in [1.82, 2.24) is 10.2 Å². The molecular formula is C16H17ClFN3O. The van der Waals surface area contributed by atoms with Gasteiger partial charge in [-0.25, -0.2) is 4.39 Å². The molecule has 22 heavy (non-hydrogen) atoms. The molecule has 1 heterocycles. The molecule has 1 atom stereocenters. The van der Waals surface area contributed by atoms with Crippen LogP contribution in [0, 0.1) is 5.82 Å². The summed E-state index contributed by atoms with van der Waals surface area (Å²) in [5.41, 5.74) is 9.38. The minimum Gasteiger partial charge on any atom is -0.360 e. The van der Waals surface area contributed by atoms with Crippen molar-refractivity contribution in [3.63, 3.8) is 0 Å². The summed E-state index contributed by atoms with van der Waals surface area (Å²) in [4.78, 5) is 0. The third kappa shape index (κ3) is 3.11. The van der Waals surface area contributed by atoms with Crippen LogP contribution in [-0.2, 0) is 4.74 Å². The van der Waals surface area contributed by atoms with Gasteiger partial charge in [-0.3, -0.25) is 5.10 Å². The Kier molecular flexibility index (Phi) is 5.13. The van der Waals surface area contributed by atoms with Gasteiger partial charge in [-0.2, -0.15) is 5.10 Å². The van der Waals surface area contributed by atoms with Crippen LogP contribution in [0.5, 0.6) is 0 Å². The number of fused-ring (bicyclic) bond motifs is 1. The quantitative estimate of drug-likeness (QED) is 0.719. The number of halogens is 2. The number of aromatic nitrogens is 2. The molecule has 0 saturated heterocycles. The average Bonchev–Trinajstić information content (AvgIpc) is 2.91. The van der Waals surface area contributed by atoms with Crippen molar-refractivity contribution in [3.8, 4) is 11.3 Å². The van der Waals surface area contributed by atoms with Crippen molar-refractivity contribution in [2.45, 2.75) is 13.2 Å². The molecule has 4 nitrogen and oxygen atoms in total. The number of nitrogens with one attached hydrogen (secondary N) is 1. The summed E-state index contributed by atoms with van der Waals surface area (Å²) in [5.74, 6) is -0.266. The van der Waals surface area contributed by atoms with Crippen molar-refractivity contribution < 1.29 is 9.13 Å². The summed E-state index contributed by atoms with van der Waals surface area (Å²) in [6.45, 7) is 2.45. The van der Waals surface area contributed by atoms with Crippen LogP contribution in [0.25, 0.3) is 22.2 Å². The molecule has 0 aliphatic heterocycles. The van der Waals surface area contributed by atoms with E-state index in [2.05, 4.69) is 10.2 Å². The lowest BCUT2D eigenvalue weighted by atomic mass is 10.1. The van der Waals surface area contributed by atoms with Crippen LogP contribution in [0.1, 0.15) is 18.7 Å². The summed E-state index contributed by atoms with van der Waals surface area (Å²) < 4.78 is 18.4. The zero-order valence-corrected chi connectivity index (χ0v) is 12.9. The maximum Gasteiger partial charge on any atom is 0.131 e. The molecule has 3 aromatic rings. The number of hydrogen-bond acceptors (Lipinski definition) is 3. The number of benzene rings is 2. The van der Waals surface area contributed by atoms with E-state index in [1.165, 1.54) is 12.1 Å². The lowest BCUT2D eigenvalue weighted by Gasteiger charge is -2.11. The first-order valence-corrected chi connectivity index (χ1v) is 6.80. The standard InChI is InChI=1S/C16H16FN3O.ClH/c1-2-21-16(18)11-5-8-14-13(9-11)15(20-19-14)10-3-6-12(17)7-4-10;/h3-9,16H,2,18H2,1H3,(H,19,20);1H. The molecule has 0 bridgehead atoms. The average molecular weight is 322 g/mol. The van der Waals surface area contributed by atoms with E-state index in [0.29, 0.717) is 6.61 Å². The smallest absolute Gasteiger partial charge is 0.131 e. The minimum absolute atomic E-state index is 0. The van der Waals surface area contributed by atoms with Crippen LogP contribution in [-0.4, -0.2) is 16.8 Å². The zero-order chi connectivity index (χ0) is 14.8. The summed E-state index contributed by atoms with van der Waals surface area (Å²) in [5, 5.41) is 8.23. The Hall–Kier alpha value is -1.95.